The third-order valence-electron chi connectivity index (χ3n) is 3.82. The van der Waals surface area contributed by atoms with Crippen LogP contribution >= 0.6 is 0 Å². The maximum Gasteiger partial charge on any atom is 0.287 e. The number of carbonyl (C=O) groups excluding carboxylic acids is 1. The van der Waals surface area contributed by atoms with E-state index in [1.165, 1.54) is 0 Å². The van der Waals surface area contributed by atoms with Crippen molar-refractivity contribution in [2.75, 3.05) is 0 Å². The monoisotopic (exact) mass is 335 g/mol. The Kier molecular flexibility index (Phi) is 4.84. The smallest absolute Gasteiger partial charge is 0.287 e. The first-order chi connectivity index (χ1) is 12.0. The SMILES string of the molecule is CC(C)Oc1ccc(/C=N/NC(=O)c2cc3ccccc3n2C)cc1. The molecule has 1 aromatic heterocycles. The molecule has 0 fully saturated rings. The molecule has 128 valence electrons. The fraction of sp³-hybridized carbons (Fsp3) is 0.200. The Hall–Kier alpha value is -3.08. The van der Waals surface area contributed by atoms with Crippen LogP contribution in [0.2, 0.25) is 0 Å². The Bertz CT molecular complexity index is 908. The lowest BCUT2D eigenvalue weighted by Gasteiger charge is -2.09. The number of ether oxygens (including phenoxy) is 1. The van der Waals surface area contributed by atoms with Gasteiger partial charge in [0.15, 0.2) is 0 Å². The zero-order chi connectivity index (χ0) is 17.8. The van der Waals surface area contributed by atoms with Crippen molar-refractivity contribution in [3.8, 4) is 5.75 Å². The predicted molar refractivity (Wildman–Crippen MR) is 100 cm³/mol. The number of fused-ring (bicyclic) bond motifs is 1. The molecule has 5 nitrogen and oxygen atoms in total. The summed E-state index contributed by atoms with van der Waals surface area (Å²) in [5.41, 5.74) is 5.04. The van der Waals surface area contributed by atoms with Gasteiger partial charge in [0.05, 0.1) is 12.3 Å². The van der Waals surface area contributed by atoms with Crippen molar-refractivity contribution in [3.63, 3.8) is 0 Å². The maximum absolute atomic E-state index is 12.3. The highest BCUT2D eigenvalue weighted by Gasteiger charge is 2.12. The van der Waals surface area contributed by atoms with E-state index in [9.17, 15) is 4.79 Å². The lowest BCUT2D eigenvalue weighted by molar-refractivity contribution is 0.0947. The molecule has 1 N–H and O–H groups in total. The number of benzene rings is 2. The normalized spacial score (nSPS) is 11.4. The van der Waals surface area contributed by atoms with E-state index in [4.69, 9.17) is 4.74 Å². The molecule has 0 aliphatic rings. The summed E-state index contributed by atoms with van der Waals surface area (Å²) in [7, 11) is 1.87. The van der Waals surface area contributed by atoms with Gasteiger partial charge in [-0.15, -0.1) is 0 Å². The van der Waals surface area contributed by atoms with Crippen LogP contribution in [0.15, 0.2) is 59.7 Å². The minimum atomic E-state index is -0.241. The number of hydrazone groups is 1. The summed E-state index contributed by atoms with van der Waals surface area (Å²) in [4.78, 5) is 12.3. The molecule has 0 saturated heterocycles. The Morgan fingerprint density at radius 3 is 2.56 bits per heavy atom. The van der Waals surface area contributed by atoms with Gasteiger partial charge in [0, 0.05) is 18.0 Å². The average molecular weight is 335 g/mol. The molecule has 0 aliphatic heterocycles. The highest BCUT2D eigenvalue weighted by Crippen LogP contribution is 2.18. The second-order valence-electron chi connectivity index (χ2n) is 6.08. The van der Waals surface area contributed by atoms with E-state index < -0.39 is 0 Å². The Balaban J connectivity index is 1.67. The first kappa shape index (κ1) is 16.8. The molecule has 1 heterocycles. The van der Waals surface area contributed by atoms with Crippen LogP contribution in [-0.4, -0.2) is 22.8 Å². The van der Waals surface area contributed by atoms with E-state index in [0.29, 0.717) is 5.69 Å². The van der Waals surface area contributed by atoms with E-state index in [0.717, 1.165) is 22.2 Å². The van der Waals surface area contributed by atoms with E-state index in [2.05, 4.69) is 10.5 Å². The molecule has 1 amide bonds. The van der Waals surface area contributed by atoms with Gasteiger partial charge in [-0.3, -0.25) is 4.79 Å². The van der Waals surface area contributed by atoms with Gasteiger partial charge in [0.1, 0.15) is 11.4 Å². The lowest BCUT2D eigenvalue weighted by Crippen LogP contribution is -2.20. The van der Waals surface area contributed by atoms with E-state index in [1.807, 2.05) is 80.1 Å². The van der Waals surface area contributed by atoms with Crippen LogP contribution < -0.4 is 10.2 Å². The number of hydrogen-bond acceptors (Lipinski definition) is 3. The van der Waals surface area contributed by atoms with Gasteiger partial charge in [-0.2, -0.15) is 5.10 Å². The van der Waals surface area contributed by atoms with E-state index >= 15 is 0 Å². The van der Waals surface area contributed by atoms with Crippen molar-refractivity contribution in [2.24, 2.45) is 12.1 Å². The summed E-state index contributed by atoms with van der Waals surface area (Å²) < 4.78 is 7.45. The Labute approximate surface area is 146 Å². The second kappa shape index (κ2) is 7.21. The number of para-hydroxylation sites is 1. The number of amides is 1. The molecule has 0 bridgehead atoms. The largest absolute Gasteiger partial charge is 0.491 e. The average Bonchev–Trinajstić information content (AvgIpc) is 2.93. The van der Waals surface area contributed by atoms with Gasteiger partial charge in [-0.1, -0.05) is 18.2 Å². The summed E-state index contributed by atoms with van der Waals surface area (Å²) in [5, 5.41) is 5.07. The molecule has 0 saturated carbocycles. The zero-order valence-corrected chi connectivity index (χ0v) is 14.6. The minimum absolute atomic E-state index is 0.139. The summed E-state index contributed by atoms with van der Waals surface area (Å²) in [6, 6.07) is 17.3. The van der Waals surface area contributed by atoms with Crippen LogP contribution in [0, 0.1) is 0 Å². The minimum Gasteiger partial charge on any atom is -0.491 e. The van der Waals surface area contributed by atoms with Crippen LogP contribution in [0.4, 0.5) is 0 Å². The fourth-order valence-electron chi connectivity index (χ4n) is 2.63. The Morgan fingerprint density at radius 2 is 1.88 bits per heavy atom. The van der Waals surface area contributed by atoms with Crippen molar-refractivity contribution in [2.45, 2.75) is 20.0 Å². The first-order valence-electron chi connectivity index (χ1n) is 8.19. The number of nitrogens with one attached hydrogen (secondary N) is 1. The van der Waals surface area contributed by atoms with E-state index in [-0.39, 0.29) is 12.0 Å². The number of aromatic nitrogens is 1. The van der Waals surface area contributed by atoms with Crippen LogP contribution in [-0.2, 0) is 7.05 Å². The molecule has 25 heavy (non-hydrogen) atoms. The van der Waals surface area contributed by atoms with Crippen molar-refractivity contribution < 1.29 is 9.53 Å². The molecule has 0 aliphatic carbocycles. The third-order valence-corrected chi connectivity index (χ3v) is 3.82. The molecule has 3 rings (SSSR count). The topological polar surface area (TPSA) is 55.6 Å². The van der Waals surface area contributed by atoms with Crippen LogP contribution in [0.5, 0.6) is 5.75 Å². The molecule has 0 spiro atoms. The van der Waals surface area contributed by atoms with Crippen molar-refractivity contribution in [1.82, 2.24) is 9.99 Å². The third kappa shape index (κ3) is 3.88. The highest BCUT2D eigenvalue weighted by molar-refractivity contribution is 5.99. The number of aryl methyl sites for hydroxylation is 1. The van der Waals surface area contributed by atoms with Crippen molar-refractivity contribution >= 4 is 23.0 Å². The molecular formula is C20H21N3O2. The van der Waals surface area contributed by atoms with Gasteiger partial charge in [0.2, 0.25) is 0 Å². The molecule has 0 radical (unpaired) electrons. The molecular weight excluding hydrogens is 314 g/mol. The van der Waals surface area contributed by atoms with Crippen molar-refractivity contribution in [3.05, 3.63) is 65.9 Å². The predicted octanol–water partition coefficient (Wildman–Crippen LogP) is 3.73. The fourth-order valence-corrected chi connectivity index (χ4v) is 2.63. The Morgan fingerprint density at radius 1 is 1.16 bits per heavy atom. The van der Waals surface area contributed by atoms with Crippen LogP contribution in [0.1, 0.15) is 29.9 Å². The second-order valence-corrected chi connectivity index (χ2v) is 6.08. The van der Waals surface area contributed by atoms with Gasteiger partial charge >= 0.3 is 0 Å². The van der Waals surface area contributed by atoms with Gasteiger partial charge in [0.25, 0.3) is 5.91 Å². The molecule has 0 unspecified atom stereocenters. The van der Waals surface area contributed by atoms with Gasteiger partial charge in [-0.25, -0.2) is 5.43 Å². The quantitative estimate of drug-likeness (QED) is 0.570. The summed E-state index contributed by atoms with van der Waals surface area (Å²) in [6.07, 6.45) is 1.75. The molecule has 0 atom stereocenters. The van der Waals surface area contributed by atoms with Gasteiger partial charge in [-0.05, 0) is 55.8 Å². The zero-order valence-electron chi connectivity index (χ0n) is 14.6. The number of carbonyl (C=O) groups is 1. The van der Waals surface area contributed by atoms with Crippen LogP contribution in [0.3, 0.4) is 0 Å². The first-order valence-corrected chi connectivity index (χ1v) is 8.19. The van der Waals surface area contributed by atoms with Gasteiger partial charge < -0.3 is 9.30 Å². The molecule has 2 aromatic carbocycles. The van der Waals surface area contributed by atoms with Crippen LogP contribution in [0.25, 0.3) is 10.9 Å². The summed E-state index contributed by atoms with van der Waals surface area (Å²) in [6.45, 7) is 3.97. The van der Waals surface area contributed by atoms with E-state index in [1.54, 1.807) is 6.21 Å². The molecule has 3 aromatic rings. The summed E-state index contributed by atoms with van der Waals surface area (Å²) in [5.74, 6) is 0.571. The highest BCUT2D eigenvalue weighted by atomic mass is 16.5. The molecule has 5 heteroatoms. The standard InChI is InChI=1S/C20H21N3O2/c1-14(2)25-17-10-8-15(9-11-17)13-21-22-20(24)19-12-16-6-4-5-7-18(16)23(19)3/h4-14H,1-3H3,(H,22,24)/b21-13+. The number of rotatable bonds is 5. The van der Waals surface area contributed by atoms with Crippen molar-refractivity contribution in [1.29, 1.82) is 0 Å². The number of hydrogen-bond donors (Lipinski definition) is 1. The number of nitrogens with zero attached hydrogens (tertiary/aromatic N) is 2. The summed E-state index contributed by atoms with van der Waals surface area (Å²) >= 11 is 0. The lowest BCUT2D eigenvalue weighted by atomic mass is 10.2. The maximum atomic E-state index is 12.3.